The first-order valence-electron chi connectivity index (χ1n) is 5.44. The molecule has 0 spiro atoms. The predicted molar refractivity (Wildman–Crippen MR) is 66.7 cm³/mol. The van der Waals surface area contributed by atoms with Gasteiger partial charge in [-0.25, -0.2) is 9.18 Å². The van der Waals surface area contributed by atoms with Crippen LogP contribution < -0.4 is 5.32 Å². The third-order valence-corrected chi connectivity index (χ3v) is 2.63. The number of halogens is 1. The number of amides is 1. The summed E-state index contributed by atoms with van der Waals surface area (Å²) in [4.78, 5) is 22.5. The number of carbonyl (C=O) groups is 2. The van der Waals surface area contributed by atoms with E-state index in [9.17, 15) is 14.0 Å². The van der Waals surface area contributed by atoms with Crippen LogP contribution in [-0.2, 0) is 7.05 Å². The Hall–Kier alpha value is -2.63. The Morgan fingerprint density at radius 1 is 1.32 bits per heavy atom. The Kier molecular flexibility index (Phi) is 3.33. The molecule has 0 aliphatic heterocycles. The second-order valence-electron chi connectivity index (χ2n) is 3.96. The lowest BCUT2D eigenvalue weighted by Gasteiger charge is -2.07. The third kappa shape index (κ3) is 2.62. The van der Waals surface area contributed by atoms with Gasteiger partial charge in [0.2, 0.25) is 0 Å². The number of nitrogens with one attached hydrogen (secondary N) is 1. The fourth-order valence-electron chi connectivity index (χ4n) is 1.66. The molecule has 0 fully saturated rings. The highest BCUT2D eigenvalue weighted by Crippen LogP contribution is 2.15. The number of aromatic carboxylic acids is 1. The number of carboxylic acid groups (broad SMARTS) is 1. The number of rotatable bonds is 3. The first-order valence-corrected chi connectivity index (χ1v) is 5.44. The summed E-state index contributed by atoms with van der Waals surface area (Å²) in [7, 11) is 1.71. The summed E-state index contributed by atoms with van der Waals surface area (Å²) in [5.41, 5.74) is 0.188. The standard InChI is InChI=1S/C13H11FN2O3/c1-16-6-2-3-11(16)12(17)15-8-4-5-9(13(18)19)10(14)7-8/h2-7H,1H3,(H,15,17)(H,18,19). The maximum absolute atomic E-state index is 13.4. The molecule has 1 aromatic carbocycles. The minimum atomic E-state index is -1.35. The zero-order chi connectivity index (χ0) is 14.0. The largest absolute Gasteiger partial charge is 0.478 e. The zero-order valence-corrected chi connectivity index (χ0v) is 10.1. The first-order chi connectivity index (χ1) is 8.99. The molecule has 5 nitrogen and oxygen atoms in total. The van der Waals surface area contributed by atoms with Gasteiger partial charge in [0.15, 0.2) is 0 Å². The monoisotopic (exact) mass is 262 g/mol. The molecule has 2 N–H and O–H groups in total. The van der Waals surface area contributed by atoms with E-state index >= 15 is 0 Å². The van der Waals surface area contributed by atoms with Gasteiger partial charge in [0, 0.05) is 18.9 Å². The second kappa shape index (κ2) is 4.93. The molecular weight excluding hydrogens is 251 g/mol. The molecule has 1 aromatic heterocycles. The molecular formula is C13H11FN2O3. The summed E-state index contributed by atoms with van der Waals surface area (Å²) in [5.74, 6) is -2.63. The molecule has 1 amide bonds. The summed E-state index contributed by atoms with van der Waals surface area (Å²) < 4.78 is 15.1. The SMILES string of the molecule is Cn1cccc1C(=O)Nc1ccc(C(=O)O)c(F)c1. The van der Waals surface area contributed by atoms with Crippen molar-refractivity contribution < 1.29 is 19.1 Å². The van der Waals surface area contributed by atoms with Gasteiger partial charge in [-0.15, -0.1) is 0 Å². The number of hydrogen-bond acceptors (Lipinski definition) is 2. The average molecular weight is 262 g/mol. The van der Waals surface area contributed by atoms with Gasteiger partial charge >= 0.3 is 5.97 Å². The van der Waals surface area contributed by atoms with Crippen LogP contribution in [0.2, 0.25) is 0 Å². The summed E-state index contributed by atoms with van der Waals surface area (Å²) >= 11 is 0. The summed E-state index contributed by atoms with van der Waals surface area (Å²) in [6.45, 7) is 0. The van der Waals surface area contributed by atoms with Gasteiger partial charge in [-0.3, -0.25) is 4.79 Å². The lowest BCUT2D eigenvalue weighted by atomic mass is 10.2. The minimum Gasteiger partial charge on any atom is -0.478 e. The Labute approximate surface area is 108 Å². The van der Waals surface area contributed by atoms with Crippen LogP contribution in [-0.4, -0.2) is 21.6 Å². The molecule has 0 aliphatic rings. The number of carboxylic acids is 1. The molecule has 2 rings (SSSR count). The van der Waals surface area contributed by atoms with E-state index in [1.807, 2.05) is 0 Å². The molecule has 0 bridgehead atoms. The molecule has 0 saturated heterocycles. The van der Waals surface area contributed by atoms with Gasteiger partial charge in [0.05, 0.1) is 5.56 Å². The van der Waals surface area contributed by atoms with Crippen molar-refractivity contribution in [1.29, 1.82) is 0 Å². The molecule has 0 atom stereocenters. The highest BCUT2D eigenvalue weighted by molar-refractivity contribution is 6.03. The van der Waals surface area contributed by atoms with E-state index in [0.29, 0.717) is 5.69 Å². The van der Waals surface area contributed by atoms with Crippen molar-refractivity contribution >= 4 is 17.6 Å². The topological polar surface area (TPSA) is 71.3 Å². The highest BCUT2D eigenvalue weighted by atomic mass is 19.1. The van der Waals surface area contributed by atoms with Gasteiger partial charge in [-0.2, -0.15) is 0 Å². The van der Waals surface area contributed by atoms with E-state index in [4.69, 9.17) is 5.11 Å². The number of nitrogens with zero attached hydrogens (tertiary/aromatic N) is 1. The van der Waals surface area contributed by atoms with Gasteiger partial charge in [0.1, 0.15) is 11.5 Å². The van der Waals surface area contributed by atoms with Crippen LogP contribution in [0.25, 0.3) is 0 Å². The lowest BCUT2D eigenvalue weighted by molar-refractivity contribution is 0.0692. The highest BCUT2D eigenvalue weighted by Gasteiger charge is 2.13. The molecule has 0 unspecified atom stereocenters. The molecule has 98 valence electrons. The van der Waals surface area contributed by atoms with E-state index in [2.05, 4.69) is 5.32 Å². The van der Waals surface area contributed by atoms with Crippen LogP contribution >= 0.6 is 0 Å². The van der Waals surface area contributed by atoms with Crippen molar-refractivity contribution in [3.8, 4) is 0 Å². The van der Waals surface area contributed by atoms with Crippen LogP contribution in [0.1, 0.15) is 20.8 Å². The predicted octanol–water partition coefficient (Wildman–Crippen LogP) is 2.11. The van der Waals surface area contributed by atoms with Crippen molar-refractivity contribution in [2.24, 2.45) is 7.05 Å². The van der Waals surface area contributed by atoms with Crippen LogP contribution in [0, 0.1) is 5.82 Å². The Bertz CT molecular complexity index is 649. The number of anilines is 1. The van der Waals surface area contributed by atoms with Crippen molar-refractivity contribution in [2.45, 2.75) is 0 Å². The van der Waals surface area contributed by atoms with Gasteiger partial charge in [0.25, 0.3) is 5.91 Å². The molecule has 2 aromatic rings. The molecule has 19 heavy (non-hydrogen) atoms. The third-order valence-electron chi connectivity index (χ3n) is 2.63. The molecule has 6 heteroatoms. The quantitative estimate of drug-likeness (QED) is 0.889. The minimum absolute atomic E-state index is 0.203. The average Bonchev–Trinajstić information content (AvgIpc) is 2.75. The molecule has 0 radical (unpaired) electrons. The Morgan fingerprint density at radius 2 is 2.05 bits per heavy atom. The van der Waals surface area contributed by atoms with Gasteiger partial charge in [-0.1, -0.05) is 0 Å². The van der Waals surface area contributed by atoms with E-state index in [-0.39, 0.29) is 5.69 Å². The summed E-state index contributed by atoms with van der Waals surface area (Å²) in [6.07, 6.45) is 1.71. The van der Waals surface area contributed by atoms with Gasteiger partial charge < -0.3 is 15.0 Å². The number of benzene rings is 1. The number of carbonyl (C=O) groups excluding carboxylic acids is 1. The van der Waals surface area contributed by atoms with Crippen LogP contribution in [0.3, 0.4) is 0 Å². The van der Waals surface area contributed by atoms with Crippen LogP contribution in [0.5, 0.6) is 0 Å². The summed E-state index contributed by atoms with van der Waals surface area (Å²) in [5, 5.41) is 11.2. The summed E-state index contributed by atoms with van der Waals surface area (Å²) in [6, 6.07) is 6.76. The maximum atomic E-state index is 13.4. The fraction of sp³-hybridized carbons (Fsp3) is 0.0769. The molecule has 0 saturated carbocycles. The Balaban J connectivity index is 2.21. The van der Waals surface area contributed by atoms with E-state index < -0.39 is 23.3 Å². The van der Waals surface area contributed by atoms with Crippen LogP contribution in [0.15, 0.2) is 36.5 Å². The van der Waals surface area contributed by atoms with Crippen molar-refractivity contribution in [3.05, 3.63) is 53.6 Å². The second-order valence-corrected chi connectivity index (χ2v) is 3.96. The number of aromatic nitrogens is 1. The zero-order valence-electron chi connectivity index (χ0n) is 10.1. The number of aryl methyl sites for hydroxylation is 1. The van der Waals surface area contributed by atoms with Crippen molar-refractivity contribution in [2.75, 3.05) is 5.32 Å². The molecule has 1 heterocycles. The maximum Gasteiger partial charge on any atom is 0.338 e. The van der Waals surface area contributed by atoms with Crippen molar-refractivity contribution in [3.63, 3.8) is 0 Å². The van der Waals surface area contributed by atoms with Crippen LogP contribution in [0.4, 0.5) is 10.1 Å². The molecule has 0 aliphatic carbocycles. The fourth-order valence-corrected chi connectivity index (χ4v) is 1.66. The van der Waals surface area contributed by atoms with Crippen molar-refractivity contribution in [1.82, 2.24) is 4.57 Å². The van der Waals surface area contributed by atoms with E-state index in [1.54, 1.807) is 29.9 Å². The van der Waals surface area contributed by atoms with Gasteiger partial charge in [-0.05, 0) is 30.3 Å². The lowest BCUT2D eigenvalue weighted by Crippen LogP contribution is -2.15. The number of hydrogen-bond donors (Lipinski definition) is 2. The first kappa shape index (κ1) is 12.8. The smallest absolute Gasteiger partial charge is 0.338 e. The van der Waals surface area contributed by atoms with E-state index in [0.717, 1.165) is 12.1 Å². The normalized spacial score (nSPS) is 10.2. The Morgan fingerprint density at radius 3 is 2.58 bits per heavy atom. The van der Waals surface area contributed by atoms with E-state index in [1.165, 1.54) is 6.07 Å².